The van der Waals surface area contributed by atoms with Gasteiger partial charge in [0.25, 0.3) is 0 Å². The van der Waals surface area contributed by atoms with Crippen molar-refractivity contribution in [1.29, 1.82) is 0 Å². The van der Waals surface area contributed by atoms with E-state index in [4.69, 9.17) is 16.7 Å². The van der Waals surface area contributed by atoms with Gasteiger partial charge >= 0.3 is 0 Å². The smallest absolute Gasteiger partial charge is 0.147 e. The maximum atomic E-state index is 13.6. The summed E-state index contributed by atoms with van der Waals surface area (Å²) in [7, 11) is 0. The van der Waals surface area contributed by atoms with Crippen LogP contribution in [0.3, 0.4) is 0 Å². The highest BCUT2D eigenvalue weighted by Gasteiger charge is 2.27. The van der Waals surface area contributed by atoms with Gasteiger partial charge in [-0.2, -0.15) is 0 Å². The third-order valence-corrected chi connectivity index (χ3v) is 3.02. The van der Waals surface area contributed by atoms with E-state index in [0.717, 1.165) is 5.56 Å². The number of nitrogens with zero attached hydrogens (tertiary/aromatic N) is 1. The van der Waals surface area contributed by atoms with E-state index in [1.165, 1.54) is 0 Å². The Kier molecular flexibility index (Phi) is 2.45. The Labute approximate surface area is 86.7 Å². The summed E-state index contributed by atoms with van der Waals surface area (Å²) in [6.07, 6.45) is 1.20. The lowest BCUT2D eigenvalue weighted by Crippen LogP contribution is -2.04. The average molecular weight is 216 g/mol. The number of hydrogen-bond donors (Lipinski definition) is 1. The molecule has 0 fully saturated rings. The van der Waals surface area contributed by atoms with Crippen molar-refractivity contribution in [2.75, 3.05) is 6.61 Å². The molecule has 0 radical (unpaired) electrons. The quantitative estimate of drug-likeness (QED) is 0.726. The number of aryl methyl sites for hydroxylation is 1. The second-order valence-corrected chi connectivity index (χ2v) is 4.07. The Hall–Kier alpha value is -0.670. The number of aromatic nitrogens is 1. The fourth-order valence-electron chi connectivity index (χ4n) is 1.94. The first kappa shape index (κ1) is 9.87. The van der Waals surface area contributed by atoms with Crippen molar-refractivity contribution in [2.45, 2.75) is 19.8 Å². The Bertz CT molecular complexity index is 381. The molecule has 0 saturated carbocycles. The molecule has 0 spiro atoms. The Balaban J connectivity index is 2.50. The van der Waals surface area contributed by atoms with E-state index < -0.39 is 0 Å². The van der Waals surface area contributed by atoms with Crippen LogP contribution in [0.15, 0.2) is 0 Å². The van der Waals surface area contributed by atoms with Gasteiger partial charge in [0, 0.05) is 6.61 Å². The molecular formula is C10H11ClFNO. The fraction of sp³-hybridized carbons (Fsp3) is 0.500. The maximum absolute atomic E-state index is 13.6. The zero-order valence-electron chi connectivity index (χ0n) is 7.85. The maximum Gasteiger partial charge on any atom is 0.147 e. The molecule has 14 heavy (non-hydrogen) atoms. The molecule has 1 aliphatic carbocycles. The molecule has 0 aromatic carbocycles. The highest BCUT2D eigenvalue weighted by atomic mass is 35.5. The minimum Gasteiger partial charge on any atom is -0.396 e. The molecule has 0 bridgehead atoms. The molecule has 76 valence electrons. The molecule has 1 aromatic rings. The largest absolute Gasteiger partial charge is 0.396 e. The number of fused-ring (bicyclic) bond motifs is 1. The number of hydrogen-bond acceptors (Lipinski definition) is 2. The van der Waals surface area contributed by atoms with Crippen molar-refractivity contribution in [1.82, 2.24) is 4.98 Å². The minimum absolute atomic E-state index is 0.0729. The van der Waals surface area contributed by atoms with Gasteiger partial charge in [-0.1, -0.05) is 11.6 Å². The highest BCUT2D eigenvalue weighted by Crippen LogP contribution is 2.33. The van der Waals surface area contributed by atoms with Gasteiger partial charge in [0.2, 0.25) is 0 Å². The van der Waals surface area contributed by atoms with Crippen molar-refractivity contribution in [3.63, 3.8) is 0 Å². The van der Waals surface area contributed by atoms with E-state index in [1.54, 1.807) is 6.92 Å². The van der Waals surface area contributed by atoms with Crippen molar-refractivity contribution in [2.24, 2.45) is 5.92 Å². The monoisotopic (exact) mass is 215 g/mol. The Morgan fingerprint density at radius 2 is 2.14 bits per heavy atom. The lowest BCUT2D eigenvalue weighted by molar-refractivity contribution is 0.232. The first-order valence-electron chi connectivity index (χ1n) is 4.57. The van der Waals surface area contributed by atoms with Crippen LogP contribution in [0.1, 0.15) is 16.8 Å². The molecule has 2 nitrogen and oxygen atoms in total. The normalized spacial score (nSPS) is 19.9. The third-order valence-electron chi connectivity index (χ3n) is 2.71. The van der Waals surface area contributed by atoms with Gasteiger partial charge in [-0.3, -0.25) is 0 Å². The van der Waals surface area contributed by atoms with Gasteiger partial charge in [-0.05, 0) is 36.8 Å². The number of rotatable bonds is 1. The fourth-order valence-corrected chi connectivity index (χ4v) is 2.26. The van der Waals surface area contributed by atoms with Gasteiger partial charge in [-0.25, -0.2) is 9.37 Å². The van der Waals surface area contributed by atoms with Crippen LogP contribution >= 0.6 is 11.6 Å². The first-order valence-corrected chi connectivity index (χ1v) is 4.95. The predicted octanol–water partition coefficient (Wildman–Crippen LogP) is 1.89. The van der Waals surface area contributed by atoms with Crippen molar-refractivity contribution < 1.29 is 9.50 Å². The molecule has 2 rings (SSSR count). The molecule has 1 aliphatic rings. The first-order chi connectivity index (χ1) is 6.63. The minimum atomic E-state index is -0.264. The van der Waals surface area contributed by atoms with Crippen LogP contribution in [0, 0.1) is 18.7 Å². The summed E-state index contributed by atoms with van der Waals surface area (Å²) in [6, 6.07) is 0. The zero-order chi connectivity index (χ0) is 10.3. The Morgan fingerprint density at radius 1 is 1.50 bits per heavy atom. The molecule has 0 amide bonds. The van der Waals surface area contributed by atoms with E-state index in [2.05, 4.69) is 4.98 Å². The summed E-state index contributed by atoms with van der Waals surface area (Å²) in [5, 5.41) is 9.39. The van der Waals surface area contributed by atoms with Crippen LogP contribution in [0.2, 0.25) is 5.15 Å². The molecule has 1 heterocycles. The van der Waals surface area contributed by atoms with Crippen molar-refractivity contribution in [3.8, 4) is 0 Å². The molecule has 1 aromatic heterocycles. The van der Waals surface area contributed by atoms with E-state index in [9.17, 15) is 4.39 Å². The molecule has 1 unspecified atom stereocenters. The highest BCUT2D eigenvalue weighted by molar-refractivity contribution is 6.30. The third kappa shape index (κ3) is 1.41. The van der Waals surface area contributed by atoms with Crippen LogP contribution in [-0.4, -0.2) is 16.7 Å². The van der Waals surface area contributed by atoms with Crippen molar-refractivity contribution >= 4 is 11.6 Å². The predicted molar refractivity (Wildman–Crippen MR) is 51.9 cm³/mol. The molecule has 1 atom stereocenters. The molecule has 4 heteroatoms. The summed E-state index contributed by atoms with van der Waals surface area (Å²) in [6.45, 7) is 1.68. The summed E-state index contributed by atoms with van der Waals surface area (Å²) in [4.78, 5) is 3.92. The average Bonchev–Trinajstić information content (AvgIpc) is 2.58. The van der Waals surface area contributed by atoms with Crippen LogP contribution in [-0.2, 0) is 12.8 Å². The second-order valence-electron chi connectivity index (χ2n) is 3.72. The van der Waals surface area contributed by atoms with E-state index in [-0.39, 0.29) is 18.3 Å². The number of halogens is 2. The lowest BCUT2D eigenvalue weighted by Gasteiger charge is -2.04. The van der Waals surface area contributed by atoms with Gasteiger partial charge in [-0.15, -0.1) is 0 Å². The van der Waals surface area contributed by atoms with Crippen LogP contribution < -0.4 is 0 Å². The summed E-state index contributed by atoms with van der Waals surface area (Å²) >= 11 is 5.91. The van der Waals surface area contributed by atoms with Crippen LogP contribution in [0.4, 0.5) is 4.39 Å². The SMILES string of the molecule is Cc1nc(Cl)c2c(c1F)CC(CO)C2. The molecule has 0 saturated heterocycles. The summed E-state index contributed by atoms with van der Waals surface area (Å²) in [5.41, 5.74) is 1.75. The summed E-state index contributed by atoms with van der Waals surface area (Å²) < 4.78 is 13.6. The van der Waals surface area contributed by atoms with E-state index in [1.807, 2.05) is 0 Å². The second kappa shape index (κ2) is 3.48. The number of aliphatic hydroxyl groups is 1. The Morgan fingerprint density at radius 3 is 2.79 bits per heavy atom. The van der Waals surface area contributed by atoms with Gasteiger partial charge < -0.3 is 5.11 Å². The molecule has 0 aliphatic heterocycles. The van der Waals surface area contributed by atoms with Gasteiger partial charge in [0.05, 0.1) is 5.69 Å². The van der Waals surface area contributed by atoms with Crippen LogP contribution in [0.25, 0.3) is 0 Å². The topological polar surface area (TPSA) is 33.1 Å². The zero-order valence-corrected chi connectivity index (χ0v) is 8.60. The van der Waals surface area contributed by atoms with Gasteiger partial charge in [0.15, 0.2) is 0 Å². The standard InChI is InChI=1S/C10H11ClFNO/c1-5-9(12)7-2-6(4-14)3-8(7)10(11)13-5/h6,14H,2-4H2,1H3. The van der Waals surface area contributed by atoms with E-state index in [0.29, 0.717) is 29.3 Å². The van der Waals surface area contributed by atoms with Crippen molar-refractivity contribution in [3.05, 3.63) is 27.8 Å². The molecule has 1 N–H and O–H groups in total. The number of pyridine rings is 1. The van der Waals surface area contributed by atoms with E-state index >= 15 is 0 Å². The summed E-state index contributed by atoms with van der Waals surface area (Å²) in [5.74, 6) is -0.166. The van der Waals surface area contributed by atoms with Gasteiger partial charge in [0.1, 0.15) is 11.0 Å². The molecular weight excluding hydrogens is 205 g/mol. The lowest BCUT2D eigenvalue weighted by atomic mass is 10.1. The van der Waals surface area contributed by atoms with Crippen LogP contribution in [0.5, 0.6) is 0 Å². The number of aliphatic hydroxyl groups excluding tert-OH is 1.